The van der Waals surface area contributed by atoms with Crippen LogP contribution in [0.15, 0.2) is 48.8 Å². The fourth-order valence-corrected chi connectivity index (χ4v) is 4.44. The lowest BCUT2D eigenvalue weighted by Crippen LogP contribution is -2.40. The number of anilines is 1. The van der Waals surface area contributed by atoms with Crippen molar-refractivity contribution in [1.82, 2.24) is 24.8 Å². The summed E-state index contributed by atoms with van der Waals surface area (Å²) in [5.74, 6) is 1.72. The van der Waals surface area contributed by atoms with E-state index in [1.54, 1.807) is 0 Å². The summed E-state index contributed by atoms with van der Waals surface area (Å²) in [6.45, 7) is 3.50. The second-order valence-electron chi connectivity index (χ2n) is 8.07. The number of nitrogens with two attached hydrogens (primary N) is 2. The topological polar surface area (TPSA) is 117 Å². The van der Waals surface area contributed by atoms with Crippen molar-refractivity contribution in [3.05, 3.63) is 60.2 Å². The maximum atomic E-state index is 6.87. The highest BCUT2D eigenvalue weighted by Gasteiger charge is 2.38. The van der Waals surface area contributed by atoms with Gasteiger partial charge < -0.3 is 26.1 Å². The van der Waals surface area contributed by atoms with Crippen molar-refractivity contribution < 1.29 is 4.74 Å². The third-order valence-corrected chi connectivity index (χ3v) is 5.88. The molecule has 1 saturated heterocycles. The van der Waals surface area contributed by atoms with E-state index in [1.165, 1.54) is 6.33 Å². The maximum Gasteiger partial charge on any atom is 0.219 e. The Balaban J connectivity index is 1.63. The minimum atomic E-state index is -0.516. The minimum absolute atomic E-state index is 0.445. The van der Waals surface area contributed by atoms with Gasteiger partial charge in [-0.15, -0.1) is 0 Å². The predicted molar refractivity (Wildman–Crippen MR) is 121 cm³/mol. The highest BCUT2D eigenvalue weighted by atomic mass is 16.5. The van der Waals surface area contributed by atoms with Gasteiger partial charge in [0.2, 0.25) is 5.88 Å². The standard InChI is InChI=1S/C23H25N7O/c1-14-4-3-5-17(29-14)31-16-8-6-15(7-9-16)18-19-21(24)27-13-28-22(19)30(2)20(18)23(25)10-11-26-12-23/h3-9,13,26H,10-12,25H2,1-2H3,(H2,24,27,28). The molecule has 8 heteroatoms. The molecule has 1 atom stereocenters. The Hall–Kier alpha value is -3.49. The molecule has 8 nitrogen and oxygen atoms in total. The van der Waals surface area contributed by atoms with E-state index in [2.05, 4.69) is 24.8 Å². The molecule has 0 radical (unpaired) electrons. The number of benzene rings is 1. The molecule has 3 aromatic heterocycles. The van der Waals surface area contributed by atoms with Crippen molar-refractivity contribution in [2.75, 3.05) is 18.8 Å². The Kier molecular flexibility index (Phi) is 4.60. The summed E-state index contributed by atoms with van der Waals surface area (Å²) in [7, 11) is 1.99. The molecule has 4 heterocycles. The van der Waals surface area contributed by atoms with Crippen LogP contribution in [-0.2, 0) is 12.6 Å². The molecule has 5 N–H and O–H groups in total. The lowest BCUT2D eigenvalue weighted by Gasteiger charge is -2.26. The van der Waals surface area contributed by atoms with Crippen molar-refractivity contribution in [3.8, 4) is 22.8 Å². The molecule has 158 valence electrons. The van der Waals surface area contributed by atoms with Gasteiger partial charge in [-0.2, -0.15) is 0 Å². The molecule has 4 aromatic rings. The zero-order chi connectivity index (χ0) is 21.6. The predicted octanol–water partition coefficient (Wildman–Crippen LogP) is 2.86. The lowest BCUT2D eigenvalue weighted by atomic mass is 9.89. The maximum absolute atomic E-state index is 6.87. The van der Waals surface area contributed by atoms with Crippen LogP contribution >= 0.6 is 0 Å². The van der Waals surface area contributed by atoms with Gasteiger partial charge in [0.1, 0.15) is 23.5 Å². The van der Waals surface area contributed by atoms with Crippen LogP contribution in [-0.4, -0.2) is 32.6 Å². The molecule has 0 spiro atoms. The molecule has 31 heavy (non-hydrogen) atoms. The van der Waals surface area contributed by atoms with Crippen molar-refractivity contribution in [3.63, 3.8) is 0 Å². The quantitative estimate of drug-likeness (QED) is 0.469. The van der Waals surface area contributed by atoms with Crippen LogP contribution in [0.2, 0.25) is 0 Å². The summed E-state index contributed by atoms with van der Waals surface area (Å²) in [6, 6.07) is 13.6. The average Bonchev–Trinajstić information content (AvgIpc) is 3.32. The van der Waals surface area contributed by atoms with Crippen LogP contribution < -0.4 is 21.5 Å². The second kappa shape index (κ2) is 7.33. The zero-order valence-electron chi connectivity index (χ0n) is 17.6. The third-order valence-electron chi connectivity index (χ3n) is 5.88. The number of aromatic nitrogens is 4. The number of pyridine rings is 1. The number of nitrogens with one attached hydrogen (secondary N) is 1. The molecule has 1 fully saturated rings. The molecule has 1 aliphatic rings. The van der Waals surface area contributed by atoms with Crippen molar-refractivity contribution in [2.24, 2.45) is 12.8 Å². The van der Waals surface area contributed by atoms with Gasteiger partial charge in [0, 0.05) is 36.6 Å². The number of hydrogen-bond donors (Lipinski definition) is 3. The molecular weight excluding hydrogens is 390 g/mol. The third kappa shape index (κ3) is 3.30. The van der Waals surface area contributed by atoms with Crippen LogP contribution in [0, 0.1) is 6.92 Å². The summed E-state index contributed by atoms with van der Waals surface area (Å²) >= 11 is 0. The first-order chi connectivity index (χ1) is 15.0. The first-order valence-electron chi connectivity index (χ1n) is 10.3. The van der Waals surface area contributed by atoms with Gasteiger partial charge in [0.25, 0.3) is 0 Å². The highest BCUT2D eigenvalue weighted by molar-refractivity contribution is 6.02. The molecule has 0 aliphatic carbocycles. The van der Waals surface area contributed by atoms with Crippen LogP contribution in [0.4, 0.5) is 5.82 Å². The van der Waals surface area contributed by atoms with Gasteiger partial charge in [0.15, 0.2) is 0 Å². The van der Waals surface area contributed by atoms with Crippen LogP contribution in [0.1, 0.15) is 17.8 Å². The van der Waals surface area contributed by atoms with Crippen LogP contribution in [0.25, 0.3) is 22.2 Å². The van der Waals surface area contributed by atoms with Gasteiger partial charge >= 0.3 is 0 Å². The molecule has 5 rings (SSSR count). The summed E-state index contributed by atoms with van der Waals surface area (Å²) in [5.41, 5.74) is 17.3. The Bertz CT molecular complexity index is 1260. The van der Waals surface area contributed by atoms with Gasteiger partial charge in [-0.25, -0.2) is 15.0 Å². The highest BCUT2D eigenvalue weighted by Crippen LogP contribution is 2.42. The van der Waals surface area contributed by atoms with E-state index in [0.717, 1.165) is 46.5 Å². The number of nitrogen functional groups attached to an aromatic ring is 1. The second-order valence-corrected chi connectivity index (χ2v) is 8.07. The number of aryl methyl sites for hydroxylation is 2. The number of hydrogen-bond acceptors (Lipinski definition) is 7. The normalized spacial score (nSPS) is 18.5. The number of nitrogens with zero attached hydrogens (tertiary/aromatic N) is 4. The van der Waals surface area contributed by atoms with E-state index < -0.39 is 5.54 Å². The van der Waals surface area contributed by atoms with E-state index in [0.29, 0.717) is 24.0 Å². The van der Waals surface area contributed by atoms with E-state index >= 15 is 0 Å². The zero-order valence-corrected chi connectivity index (χ0v) is 17.6. The first-order valence-corrected chi connectivity index (χ1v) is 10.3. The van der Waals surface area contributed by atoms with Gasteiger partial charge in [0.05, 0.1) is 10.9 Å². The summed E-state index contributed by atoms with van der Waals surface area (Å²) < 4.78 is 7.97. The summed E-state index contributed by atoms with van der Waals surface area (Å²) in [4.78, 5) is 13.1. The van der Waals surface area contributed by atoms with E-state index in [1.807, 2.05) is 56.4 Å². The largest absolute Gasteiger partial charge is 0.439 e. The molecule has 0 amide bonds. The molecule has 0 bridgehead atoms. The number of fused-ring (bicyclic) bond motifs is 1. The van der Waals surface area contributed by atoms with E-state index in [-0.39, 0.29) is 0 Å². The number of ether oxygens (including phenoxy) is 1. The fourth-order valence-electron chi connectivity index (χ4n) is 4.44. The molecule has 1 unspecified atom stereocenters. The minimum Gasteiger partial charge on any atom is -0.439 e. The van der Waals surface area contributed by atoms with Gasteiger partial charge in [-0.1, -0.05) is 18.2 Å². The van der Waals surface area contributed by atoms with Crippen molar-refractivity contribution >= 4 is 16.9 Å². The van der Waals surface area contributed by atoms with E-state index in [4.69, 9.17) is 16.2 Å². The molecular formula is C23H25N7O. The van der Waals surface area contributed by atoms with Crippen LogP contribution in [0.3, 0.4) is 0 Å². The monoisotopic (exact) mass is 415 g/mol. The lowest BCUT2D eigenvalue weighted by molar-refractivity contribution is 0.461. The smallest absolute Gasteiger partial charge is 0.219 e. The van der Waals surface area contributed by atoms with Crippen molar-refractivity contribution in [1.29, 1.82) is 0 Å². The molecule has 1 aromatic carbocycles. The first kappa shape index (κ1) is 19.5. The Morgan fingerprint density at radius 3 is 2.65 bits per heavy atom. The average molecular weight is 416 g/mol. The molecule has 1 aliphatic heterocycles. The van der Waals surface area contributed by atoms with Crippen LogP contribution in [0.5, 0.6) is 11.6 Å². The Morgan fingerprint density at radius 2 is 1.94 bits per heavy atom. The number of rotatable bonds is 4. The van der Waals surface area contributed by atoms with Gasteiger partial charge in [-0.3, -0.25) is 0 Å². The Morgan fingerprint density at radius 1 is 1.13 bits per heavy atom. The summed E-state index contributed by atoms with van der Waals surface area (Å²) in [6.07, 6.45) is 2.32. The SMILES string of the molecule is Cc1cccc(Oc2ccc(-c3c(C4(N)CCNC4)n(C)c4ncnc(N)c34)cc2)n1. The van der Waals surface area contributed by atoms with E-state index in [9.17, 15) is 0 Å². The summed E-state index contributed by atoms with van der Waals surface area (Å²) in [5, 5.41) is 4.21. The fraction of sp³-hybridized carbons (Fsp3) is 0.261. The van der Waals surface area contributed by atoms with Gasteiger partial charge in [-0.05, 0) is 43.7 Å². The molecule has 0 saturated carbocycles. The van der Waals surface area contributed by atoms with Crippen molar-refractivity contribution in [2.45, 2.75) is 18.9 Å². The Labute approximate surface area is 180 Å².